The van der Waals surface area contributed by atoms with Gasteiger partial charge >= 0.3 is 5.69 Å². The van der Waals surface area contributed by atoms with Gasteiger partial charge in [0.1, 0.15) is 11.9 Å². The summed E-state index contributed by atoms with van der Waals surface area (Å²) in [4.78, 5) is 26.1. The number of likely N-dealkylation sites (tertiary alicyclic amines) is 1. The second-order valence-corrected chi connectivity index (χ2v) is 6.51. The molecule has 3 rings (SSSR count). The zero-order valence-corrected chi connectivity index (χ0v) is 14.5. The zero-order chi connectivity index (χ0) is 17.3. The highest BCUT2D eigenvalue weighted by atomic mass is 35.5. The third-order valence-electron chi connectivity index (χ3n) is 4.27. The Bertz CT molecular complexity index is 859. The smallest absolute Gasteiger partial charge is 0.330 e. The molecule has 2 aromatic rings. The summed E-state index contributed by atoms with van der Waals surface area (Å²) in [6.45, 7) is 2.06. The number of ether oxygens (including phenoxy) is 1. The Balaban J connectivity index is 1.68. The van der Waals surface area contributed by atoms with E-state index in [9.17, 15) is 9.59 Å². The van der Waals surface area contributed by atoms with Crippen molar-refractivity contribution < 1.29 is 4.74 Å². The molecule has 0 saturated carbocycles. The van der Waals surface area contributed by atoms with Gasteiger partial charge < -0.3 is 9.30 Å². The topological polar surface area (TPSA) is 56.5 Å². The molecule has 128 valence electrons. The minimum Gasteiger partial charge on any atom is -0.487 e. The number of nitrogens with zero attached hydrogens (tertiary/aromatic N) is 3. The summed E-state index contributed by atoms with van der Waals surface area (Å²) in [5, 5.41) is 0.600. The maximum Gasteiger partial charge on any atom is 0.330 e. The molecule has 0 spiro atoms. The Morgan fingerprint density at radius 2 is 2.00 bits per heavy atom. The van der Waals surface area contributed by atoms with E-state index >= 15 is 0 Å². The van der Waals surface area contributed by atoms with Gasteiger partial charge in [-0.1, -0.05) is 23.7 Å². The van der Waals surface area contributed by atoms with Crippen LogP contribution in [0.25, 0.3) is 0 Å². The lowest BCUT2D eigenvalue weighted by atomic mass is 10.3. The molecule has 1 fully saturated rings. The average Bonchev–Trinajstić information content (AvgIpc) is 3.00. The quantitative estimate of drug-likeness (QED) is 0.837. The van der Waals surface area contributed by atoms with Gasteiger partial charge in [0.2, 0.25) is 0 Å². The summed E-state index contributed by atoms with van der Waals surface area (Å²) in [6, 6.07) is 7.42. The number of aryl methyl sites for hydroxylation is 1. The lowest BCUT2D eigenvalue weighted by Crippen LogP contribution is -2.40. The molecule has 0 aliphatic carbocycles. The Kier molecular flexibility index (Phi) is 4.78. The maximum atomic E-state index is 12.2. The Labute approximate surface area is 144 Å². The normalized spacial score (nSPS) is 18.0. The van der Waals surface area contributed by atoms with Gasteiger partial charge in [-0.2, -0.15) is 0 Å². The highest BCUT2D eigenvalue weighted by Gasteiger charge is 2.25. The van der Waals surface area contributed by atoms with E-state index in [4.69, 9.17) is 16.3 Å². The summed E-state index contributed by atoms with van der Waals surface area (Å²) in [7, 11) is 3.15. The van der Waals surface area contributed by atoms with Crippen molar-refractivity contribution in [2.75, 3.05) is 13.1 Å². The second kappa shape index (κ2) is 6.83. The predicted octanol–water partition coefficient (Wildman–Crippen LogP) is 1.39. The molecule has 1 saturated heterocycles. The van der Waals surface area contributed by atoms with E-state index in [0.29, 0.717) is 22.9 Å². The van der Waals surface area contributed by atoms with Crippen molar-refractivity contribution in [3.8, 4) is 5.75 Å². The molecule has 1 aliphatic rings. The van der Waals surface area contributed by atoms with E-state index in [1.54, 1.807) is 19.3 Å². The van der Waals surface area contributed by atoms with Gasteiger partial charge in [0.25, 0.3) is 5.56 Å². The molecule has 2 heterocycles. The molecule has 1 aliphatic heterocycles. The standard InChI is InChI=1S/C17H20ClN3O3/c1-19-9-12(16(22)20(2)17(19)23)10-21-8-7-13(11-21)24-15-6-4-3-5-14(15)18/h3-6,9,13H,7-8,10-11H2,1-2H3/t13-/m1/s1. The van der Waals surface area contributed by atoms with Crippen molar-refractivity contribution in [2.24, 2.45) is 14.1 Å². The molecule has 1 aromatic carbocycles. The first-order chi connectivity index (χ1) is 11.5. The molecule has 1 aromatic heterocycles. The molecular weight excluding hydrogens is 330 g/mol. The van der Waals surface area contributed by atoms with Crippen LogP contribution in [0.5, 0.6) is 5.75 Å². The van der Waals surface area contributed by atoms with E-state index in [-0.39, 0.29) is 17.4 Å². The molecule has 0 radical (unpaired) electrons. The highest BCUT2D eigenvalue weighted by molar-refractivity contribution is 6.32. The number of rotatable bonds is 4. The van der Waals surface area contributed by atoms with Crippen molar-refractivity contribution in [3.05, 3.63) is 61.9 Å². The fourth-order valence-corrected chi connectivity index (χ4v) is 3.17. The zero-order valence-electron chi connectivity index (χ0n) is 13.7. The maximum absolute atomic E-state index is 12.2. The van der Waals surface area contributed by atoms with Gasteiger partial charge in [0, 0.05) is 45.5 Å². The molecule has 7 heteroatoms. The molecule has 0 amide bonds. The minimum absolute atomic E-state index is 0.0429. The summed E-state index contributed by atoms with van der Waals surface area (Å²) >= 11 is 6.12. The first kappa shape index (κ1) is 16.8. The minimum atomic E-state index is -0.315. The van der Waals surface area contributed by atoms with Crippen molar-refractivity contribution in [3.63, 3.8) is 0 Å². The van der Waals surface area contributed by atoms with Crippen LogP contribution in [0.4, 0.5) is 0 Å². The van der Waals surface area contributed by atoms with E-state index in [0.717, 1.165) is 24.1 Å². The van der Waals surface area contributed by atoms with Crippen LogP contribution in [0.15, 0.2) is 40.1 Å². The fourth-order valence-electron chi connectivity index (χ4n) is 2.99. The predicted molar refractivity (Wildman–Crippen MR) is 92.7 cm³/mol. The third kappa shape index (κ3) is 3.39. The van der Waals surface area contributed by atoms with E-state index in [2.05, 4.69) is 4.90 Å². The second-order valence-electron chi connectivity index (χ2n) is 6.11. The van der Waals surface area contributed by atoms with Gasteiger partial charge in [0.05, 0.1) is 5.02 Å². The van der Waals surface area contributed by atoms with Crippen LogP contribution in [-0.2, 0) is 20.6 Å². The first-order valence-electron chi connectivity index (χ1n) is 7.85. The summed E-state index contributed by atoms with van der Waals surface area (Å²) < 4.78 is 8.54. The summed E-state index contributed by atoms with van der Waals surface area (Å²) in [6.07, 6.45) is 2.53. The molecule has 1 atom stereocenters. The van der Waals surface area contributed by atoms with Gasteiger partial charge in [-0.3, -0.25) is 14.3 Å². The lowest BCUT2D eigenvalue weighted by molar-refractivity contribution is 0.198. The SMILES string of the molecule is Cn1cc(CN2CC[C@@H](Oc3ccccc3Cl)C2)c(=O)n(C)c1=O. The van der Waals surface area contributed by atoms with Crippen LogP contribution in [0.2, 0.25) is 5.02 Å². The number of hydrogen-bond donors (Lipinski definition) is 0. The van der Waals surface area contributed by atoms with Gasteiger partial charge in [-0.05, 0) is 18.6 Å². The Morgan fingerprint density at radius 3 is 2.75 bits per heavy atom. The van der Waals surface area contributed by atoms with Gasteiger partial charge in [0.15, 0.2) is 0 Å². The number of aromatic nitrogens is 2. The molecule has 24 heavy (non-hydrogen) atoms. The number of para-hydroxylation sites is 1. The van der Waals surface area contributed by atoms with E-state index in [1.807, 2.05) is 18.2 Å². The molecule has 0 bridgehead atoms. The van der Waals surface area contributed by atoms with Crippen LogP contribution in [0.3, 0.4) is 0 Å². The van der Waals surface area contributed by atoms with Gasteiger partial charge in [-0.15, -0.1) is 0 Å². The Morgan fingerprint density at radius 1 is 1.25 bits per heavy atom. The van der Waals surface area contributed by atoms with Crippen LogP contribution in [0, 0.1) is 0 Å². The van der Waals surface area contributed by atoms with E-state index < -0.39 is 0 Å². The molecule has 0 unspecified atom stereocenters. The van der Waals surface area contributed by atoms with Crippen LogP contribution in [-0.4, -0.2) is 33.2 Å². The molecule has 0 N–H and O–H groups in total. The van der Waals surface area contributed by atoms with Crippen LogP contribution >= 0.6 is 11.6 Å². The van der Waals surface area contributed by atoms with Crippen molar-refractivity contribution >= 4 is 11.6 Å². The number of halogens is 1. The fraction of sp³-hybridized carbons (Fsp3) is 0.412. The average molecular weight is 350 g/mol. The monoisotopic (exact) mass is 349 g/mol. The Hall–Kier alpha value is -2.05. The first-order valence-corrected chi connectivity index (χ1v) is 8.22. The van der Waals surface area contributed by atoms with Crippen molar-refractivity contribution in [1.29, 1.82) is 0 Å². The highest BCUT2D eigenvalue weighted by Crippen LogP contribution is 2.26. The number of hydrogen-bond acceptors (Lipinski definition) is 4. The lowest BCUT2D eigenvalue weighted by Gasteiger charge is -2.17. The molecular formula is C17H20ClN3O3. The van der Waals surface area contributed by atoms with Crippen molar-refractivity contribution in [1.82, 2.24) is 14.0 Å². The summed E-state index contributed by atoms with van der Waals surface area (Å²) in [5.74, 6) is 0.684. The largest absolute Gasteiger partial charge is 0.487 e. The summed E-state index contributed by atoms with van der Waals surface area (Å²) in [5.41, 5.74) is 0.0525. The third-order valence-corrected chi connectivity index (χ3v) is 4.58. The van der Waals surface area contributed by atoms with Crippen molar-refractivity contribution in [2.45, 2.75) is 19.1 Å². The van der Waals surface area contributed by atoms with Crippen LogP contribution in [0.1, 0.15) is 12.0 Å². The van der Waals surface area contributed by atoms with Gasteiger partial charge in [-0.25, -0.2) is 4.79 Å². The van der Waals surface area contributed by atoms with E-state index in [1.165, 1.54) is 11.6 Å². The molecule has 6 nitrogen and oxygen atoms in total. The van der Waals surface area contributed by atoms with Crippen LogP contribution < -0.4 is 16.0 Å². The number of benzene rings is 1.